The first-order valence-electron chi connectivity index (χ1n) is 7.68. The molecule has 0 radical (unpaired) electrons. The molecule has 5 nitrogen and oxygen atoms in total. The van der Waals surface area contributed by atoms with Crippen LogP contribution in [0, 0.1) is 0 Å². The quantitative estimate of drug-likeness (QED) is 0.646. The molecule has 0 saturated carbocycles. The highest BCUT2D eigenvalue weighted by atomic mass is 28.4. The van der Waals surface area contributed by atoms with Gasteiger partial charge in [0.05, 0.1) is 6.20 Å². The zero-order valence-corrected chi connectivity index (χ0v) is 14.7. The molecule has 6 heteroatoms. The van der Waals surface area contributed by atoms with Gasteiger partial charge in [-0.05, 0) is 16.6 Å². The average molecular weight is 310 g/mol. The van der Waals surface area contributed by atoms with Gasteiger partial charge < -0.3 is 14.2 Å². The van der Waals surface area contributed by atoms with Crippen LogP contribution in [-0.2, 0) is 9.22 Å². The number of β-lactam (4-membered cyclic amide) rings is 1. The first kappa shape index (κ1) is 16.2. The number of amides is 1. The largest absolute Gasteiger partial charge is 0.447 e. The molecule has 2 atom stereocenters. The van der Waals surface area contributed by atoms with E-state index in [4.69, 9.17) is 8.84 Å². The third kappa shape index (κ3) is 2.66. The van der Waals surface area contributed by atoms with E-state index in [0.29, 0.717) is 22.5 Å². The summed E-state index contributed by atoms with van der Waals surface area (Å²) in [7, 11) is -2.09. The molecule has 21 heavy (non-hydrogen) atoms. The van der Waals surface area contributed by atoms with Gasteiger partial charge in [0.15, 0.2) is 6.10 Å². The standard InChI is InChI=1S/C15H26N2O3Si/c1-9(2)21(10(3)4,11(5)6)20-13-12(17-14(13)18)15-16-7-8-19-15/h7-13H,1-6H3,(H,17,18). The molecule has 2 heterocycles. The van der Waals surface area contributed by atoms with Gasteiger partial charge in [-0.3, -0.25) is 4.79 Å². The summed E-state index contributed by atoms with van der Waals surface area (Å²) >= 11 is 0. The van der Waals surface area contributed by atoms with Crippen molar-refractivity contribution in [3.63, 3.8) is 0 Å². The van der Waals surface area contributed by atoms with Gasteiger partial charge in [-0.15, -0.1) is 0 Å². The number of nitrogens with zero attached hydrogens (tertiary/aromatic N) is 1. The third-order valence-corrected chi connectivity index (χ3v) is 10.7. The minimum Gasteiger partial charge on any atom is -0.447 e. The van der Waals surface area contributed by atoms with Gasteiger partial charge in [0.1, 0.15) is 12.3 Å². The minimum absolute atomic E-state index is 0.0583. The van der Waals surface area contributed by atoms with Crippen molar-refractivity contribution in [1.82, 2.24) is 10.3 Å². The van der Waals surface area contributed by atoms with Crippen LogP contribution in [0.4, 0.5) is 0 Å². The number of nitrogens with one attached hydrogen (secondary N) is 1. The lowest BCUT2D eigenvalue weighted by Crippen LogP contribution is -2.63. The first-order chi connectivity index (χ1) is 9.80. The molecule has 1 N–H and O–H groups in total. The Labute approximate surface area is 127 Å². The molecule has 0 spiro atoms. The molecule has 1 aliphatic heterocycles. The summed E-state index contributed by atoms with van der Waals surface area (Å²) in [6.07, 6.45) is 2.64. The number of hydrogen-bond acceptors (Lipinski definition) is 4. The monoisotopic (exact) mass is 310 g/mol. The smallest absolute Gasteiger partial charge is 0.251 e. The summed E-state index contributed by atoms with van der Waals surface area (Å²) in [6, 6.07) is -0.254. The maximum atomic E-state index is 12.0. The Morgan fingerprint density at radius 1 is 1.19 bits per heavy atom. The summed E-state index contributed by atoms with van der Waals surface area (Å²) in [5, 5.41) is 2.84. The van der Waals surface area contributed by atoms with Crippen molar-refractivity contribution in [1.29, 1.82) is 0 Å². The molecular weight excluding hydrogens is 284 g/mol. The Balaban J connectivity index is 2.25. The van der Waals surface area contributed by atoms with E-state index in [-0.39, 0.29) is 11.9 Å². The molecule has 2 rings (SSSR count). The van der Waals surface area contributed by atoms with Crippen LogP contribution in [0.1, 0.15) is 53.5 Å². The Kier molecular flexibility index (Phi) is 4.58. The molecule has 0 aromatic carbocycles. The number of carbonyl (C=O) groups excluding carboxylic acids is 1. The fraction of sp³-hybridized carbons (Fsp3) is 0.733. The maximum absolute atomic E-state index is 12.0. The molecule has 1 aromatic heterocycles. The van der Waals surface area contributed by atoms with Gasteiger partial charge in [0.25, 0.3) is 5.91 Å². The SMILES string of the molecule is CC(C)[Si](OC1C(=O)NC1c1ncco1)(C(C)C)C(C)C. The molecule has 1 aliphatic rings. The molecule has 118 valence electrons. The summed E-state index contributed by atoms with van der Waals surface area (Å²) in [5.74, 6) is 0.468. The van der Waals surface area contributed by atoms with Crippen molar-refractivity contribution in [2.45, 2.75) is 70.3 Å². The van der Waals surface area contributed by atoms with Gasteiger partial charge in [-0.25, -0.2) is 4.98 Å². The van der Waals surface area contributed by atoms with Crippen LogP contribution in [-0.4, -0.2) is 25.3 Å². The number of oxazole rings is 1. The average Bonchev–Trinajstić information content (AvgIpc) is 2.88. The second-order valence-electron chi connectivity index (χ2n) is 6.71. The lowest BCUT2D eigenvalue weighted by Gasteiger charge is -2.47. The van der Waals surface area contributed by atoms with E-state index in [1.807, 2.05) is 0 Å². The van der Waals surface area contributed by atoms with Crippen LogP contribution in [0.15, 0.2) is 16.9 Å². The van der Waals surface area contributed by atoms with Gasteiger partial charge in [0, 0.05) is 0 Å². The zero-order valence-electron chi connectivity index (χ0n) is 13.7. The highest BCUT2D eigenvalue weighted by Crippen LogP contribution is 2.45. The van der Waals surface area contributed by atoms with Crippen LogP contribution in [0.2, 0.25) is 16.6 Å². The molecule has 0 aliphatic carbocycles. The van der Waals surface area contributed by atoms with E-state index in [0.717, 1.165) is 0 Å². The number of aromatic nitrogens is 1. The number of carbonyl (C=O) groups is 1. The lowest BCUT2D eigenvalue weighted by atomic mass is 10.0. The fourth-order valence-electron chi connectivity index (χ4n) is 3.70. The Morgan fingerprint density at radius 2 is 1.76 bits per heavy atom. The van der Waals surface area contributed by atoms with Gasteiger partial charge >= 0.3 is 0 Å². The van der Waals surface area contributed by atoms with Crippen molar-refractivity contribution >= 4 is 14.2 Å². The Hall–Kier alpha value is -1.14. The number of hydrogen-bond donors (Lipinski definition) is 1. The van der Waals surface area contributed by atoms with Crippen molar-refractivity contribution in [2.24, 2.45) is 0 Å². The predicted molar refractivity (Wildman–Crippen MR) is 83.3 cm³/mol. The second-order valence-corrected chi connectivity index (χ2v) is 12.1. The maximum Gasteiger partial charge on any atom is 0.251 e. The van der Waals surface area contributed by atoms with Crippen molar-refractivity contribution in [3.05, 3.63) is 18.4 Å². The summed E-state index contributed by atoms with van der Waals surface area (Å²) in [5.41, 5.74) is 1.32. The first-order valence-corrected chi connectivity index (χ1v) is 9.82. The highest BCUT2D eigenvalue weighted by Gasteiger charge is 2.53. The Morgan fingerprint density at radius 3 is 2.14 bits per heavy atom. The normalized spacial score (nSPS) is 22.8. The molecule has 1 saturated heterocycles. The third-order valence-electron chi connectivity index (χ3n) is 4.61. The van der Waals surface area contributed by atoms with Gasteiger partial charge in [-0.2, -0.15) is 0 Å². The highest BCUT2D eigenvalue weighted by molar-refractivity contribution is 6.77. The van der Waals surface area contributed by atoms with E-state index >= 15 is 0 Å². The van der Waals surface area contributed by atoms with Crippen molar-refractivity contribution in [3.8, 4) is 0 Å². The number of rotatable bonds is 6. The zero-order chi connectivity index (χ0) is 15.8. The summed E-state index contributed by atoms with van der Waals surface area (Å²) < 4.78 is 11.9. The minimum atomic E-state index is -2.09. The Bertz CT molecular complexity index is 463. The van der Waals surface area contributed by atoms with E-state index in [2.05, 4.69) is 51.8 Å². The molecule has 1 aromatic rings. The molecule has 2 unspecified atom stereocenters. The van der Waals surface area contributed by atoms with Gasteiger partial charge in [-0.1, -0.05) is 41.5 Å². The molecule has 1 fully saturated rings. The molecular formula is C15H26N2O3Si. The molecule has 0 bridgehead atoms. The van der Waals surface area contributed by atoms with Crippen molar-refractivity contribution in [2.75, 3.05) is 0 Å². The lowest BCUT2D eigenvalue weighted by molar-refractivity contribution is -0.142. The topological polar surface area (TPSA) is 64.4 Å². The summed E-state index contributed by atoms with van der Waals surface area (Å²) in [6.45, 7) is 13.3. The van der Waals surface area contributed by atoms with Crippen LogP contribution >= 0.6 is 0 Å². The van der Waals surface area contributed by atoms with Gasteiger partial charge in [0.2, 0.25) is 14.2 Å². The van der Waals surface area contributed by atoms with E-state index < -0.39 is 14.4 Å². The predicted octanol–water partition coefficient (Wildman–Crippen LogP) is 3.41. The van der Waals surface area contributed by atoms with E-state index in [1.165, 1.54) is 6.26 Å². The second kappa shape index (κ2) is 5.92. The van der Waals surface area contributed by atoms with Crippen LogP contribution in [0.3, 0.4) is 0 Å². The van der Waals surface area contributed by atoms with E-state index in [9.17, 15) is 4.79 Å². The van der Waals surface area contributed by atoms with Crippen LogP contribution < -0.4 is 5.32 Å². The van der Waals surface area contributed by atoms with Crippen LogP contribution in [0.5, 0.6) is 0 Å². The van der Waals surface area contributed by atoms with E-state index in [1.54, 1.807) is 6.20 Å². The van der Waals surface area contributed by atoms with Crippen LogP contribution in [0.25, 0.3) is 0 Å². The molecule has 1 amide bonds. The van der Waals surface area contributed by atoms with Crippen molar-refractivity contribution < 1.29 is 13.6 Å². The fourth-order valence-corrected chi connectivity index (χ4v) is 9.19. The summed E-state index contributed by atoms with van der Waals surface area (Å²) in [4.78, 5) is 16.1.